The van der Waals surface area contributed by atoms with Crippen molar-refractivity contribution in [3.05, 3.63) is 94.0 Å². The molecule has 0 radical (unpaired) electrons. The molecule has 4 rings (SSSR count). The standard InChI is InChI=1S/C25H26N4O3/c1-17(26-21-12-8-7-11-19(21)25(31)32-3)15-29-23(18-9-5-4-6-10-18)27-22-13-14-28(2)16-20(22)24(29)30/h4-12,26H,1,13-16H2,2-3H3. The summed E-state index contributed by atoms with van der Waals surface area (Å²) in [7, 11) is 3.34. The van der Waals surface area contributed by atoms with Crippen LogP contribution in [0.3, 0.4) is 0 Å². The van der Waals surface area contributed by atoms with Gasteiger partial charge in [0.05, 0.1) is 36.2 Å². The molecular weight excluding hydrogens is 404 g/mol. The highest BCUT2D eigenvalue weighted by molar-refractivity contribution is 5.95. The summed E-state index contributed by atoms with van der Waals surface area (Å²) in [5, 5.41) is 3.18. The second-order valence-electron chi connectivity index (χ2n) is 7.87. The zero-order chi connectivity index (χ0) is 22.7. The van der Waals surface area contributed by atoms with Crippen LogP contribution in [0.1, 0.15) is 21.6 Å². The van der Waals surface area contributed by atoms with Crippen LogP contribution in [0, 0.1) is 0 Å². The summed E-state index contributed by atoms with van der Waals surface area (Å²) in [6.07, 6.45) is 0.744. The average molecular weight is 431 g/mol. The number of hydrogen-bond acceptors (Lipinski definition) is 6. The van der Waals surface area contributed by atoms with E-state index >= 15 is 0 Å². The Morgan fingerprint density at radius 3 is 2.62 bits per heavy atom. The molecule has 1 aromatic heterocycles. The topological polar surface area (TPSA) is 76.5 Å². The third-order valence-corrected chi connectivity index (χ3v) is 5.53. The minimum Gasteiger partial charge on any atom is -0.465 e. The number of allylic oxidation sites excluding steroid dienone is 1. The van der Waals surface area contributed by atoms with Crippen LogP contribution in [-0.4, -0.2) is 41.1 Å². The van der Waals surface area contributed by atoms with E-state index in [1.807, 2.05) is 43.4 Å². The van der Waals surface area contributed by atoms with Crippen LogP contribution in [0.2, 0.25) is 0 Å². The van der Waals surface area contributed by atoms with E-state index in [2.05, 4.69) is 16.8 Å². The van der Waals surface area contributed by atoms with E-state index in [9.17, 15) is 9.59 Å². The summed E-state index contributed by atoms with van der Waals surface area (Å²) < 4.78 is 6.52. The van der Waals surface area contributed by atoms with Crippen molar-refractivity contribution in [3.63, 3.8) is 0 Å². The summed E-state index contributed by atoms with van der Waals surface area (Å²) in [6, 6.07) is 16.7. The number of esters is 1. The van der Waals surface area contributed by atoms with E-state index in [-0.39, 0.29) is 12.1 Å². The Hall–Kier alpha value is -3.71. The molecule has 0 amide bonds. The Morgan fingerprint density at radius 1 is 1.16 bits per heavy atom. The Bertz CT molecular complexity index is 1220. The number of anilines is 1. The van der Waals surface area contributed by atoms with Gasteiger partial charge in [0.2, 0.25) is 0 Å². The van der Waals surface area contributed by atoms with E-state index in [0.717, 1.165) is 29.8 Å². The largest absolute Gasteiger partial charge is 0.465 e. The van der Waals surface area contributed by atoms with Crippen LogP contribution >= 0.6 is 0 Å². The summed E-state index contributed by atoms with van der Waals surface area (Å²) >= 11 is 0. The molecule has 0 fully saturated rings. The van der Waals surface area contributed by atoms with Crippen LogP contribution < -0.4 is 10.9 Å². The van der Waals surface area contributed by atoms with Gasteiger partial charge in [-0.05, 0) is 19.2 Å². The maximum atomic E-state index is 13.5. The lowest BCUT2D eigenvalue weighted by Crippen LogP contribution is -2.37. The summed E-state index contributed by atoms with van der Waals surface area (Å²) in [5.74, 6) is 0.171. The molecule has 7 heteroatoms. The van der Waals surface area contributed by atoms with Gasteiger partial charge >= 0.3 is 5.97 Å². The van der Waals surface area contributed by atoms with Gasteiger partial charge in [0.15, 0.2) is 0 Å². The van der Waals surface area contributed by atoms with Gasteiger partial charge in [0, 0.05) is 30.8 Å². The number of hydrogen-bond donors (Lipinski definition) is 1. The average Bonchev–Trinajstić information content (AvgIpc) is 2.81. The van der Waals surface area contributed by atoms with Gasteiger partial charge in [-0.15, -0.1) is 0 Å². The minimum absolute atomic E-state index is 0.0652. The number of carbonyl (C=O) groups excluding carboxylic acids is 1. The predicted octanol–water partition coefficient (Wildman–Crippen LogP) is 3.31. The van der Waals surface area contributed by atoms with Crippen LogP contribution in [-0.2, 0) is 24.2 Å². The van der Waals surface area contributed by atoms with Crippen molar-refractivity contribution < 1.29 is 9.53 Å². The molecule has 3 aromatic rings. The molecule has 0 atom stereocenters. The highest BCUT2D eigenvalue weighted by Crippen LogP contribution is 2.22. The lowest BCUT2D eigenvalue weighted by molar-refractivity contribution is 0.0602. The first kappa shape index (κ1) is 21.5. The molecule has 164 valence electrons. The number of nitrogens with zero attached hydrogens (tertiary/aromatic N) is 3. The van der Waals surface area contributed by atoms with E-state index in [0.29, 0.717) is 29.3 Å². The van der Waals surface area contributed by atoms with Gasteiger partial charge in [-0.2, -0.15) is 0 Å². The SMILES string of the molecule is C=C(Cn1c(-c2ccccc2)nc2c(c1=O)CN(C)CC2)Nc1ccccc1C(=O)OC. The lowest BCUT2D eigenvalue weighted by Gasteiger charge is -2.26. The number of carbonyl (C=O) groups is 1. The number of ether oxygens (including phenoxy) is 1. The number of aromatic nitrogens is 2. The molecule has 0 aliphatic carbocycles. The van der Waals surface area contributed by atoms with E-state index in [1.165, 1.54) is 7.11 Å². The van der Waals surface area contributed by atoms with E-state index in [1.54, 1.807) is 22.8 Å². The van der Waals surface area contributed by atoms with Gasteiger partial charge in [0.1, 0.15) is 5.82 Å². The quantitative estimate of drug-likeness (QED) is 0.605. The zero-order valence-corrected chi connectivity index (χ0v) is 18.3. The molecule has 32 heavy (non-hydrogen) atoms. The first-order chi connectivity index (χ1) is 15.5. The molecular formula is C25H26N4O3. The number of likely N-dealkylation sites (N-methyl/N-ethyl adjacent to an activating group) is 1. The van der Waals surface area contributed by atoms with Crippen LogP contribution in [0.25, 0.3) is 11.4 Å². The summed E-state index contributed by atoms with van der Waals surface area (Å²) in [6.45, 7) is 5.77. The Balaban J connectivity index is 1.72. The highest BCUT2D eigenvalue weighted by Gasteiger charge is 2.23. The molecule has 1 aliphatic rings. The van der Waals surface area contributed by atoms with E-state index < -0.39 is 5.97 Å². The van der Waals surface area contributed by atoms with Crippen molar-refractivity contribution in [3.8, 4) is 11.4 Å². The van der Waals surface area contributed by atoms with Crippen molar-refractivity contribution in [2.45, 2.75) is 19.5 Å². The number of rotatable bonds is 6. The molecule has 2 heterocycles. The number of methoxy groups -OCH3 is 1. The molecule has 0 saturated heterocycles. The van der Waals surface area contributed by atoms with E-state index in [4.69, 9.17) is 9.72 Å². The Labute approximate surface area is 187 Å². The molecule has 7 nitrogen and oxygen atoms in total. The highest BCUT2D eigenvalue weighted by atomic mass is 16.5. The van der Waals surface area contributed by atoms with Crippen molar-refractivity contribution in [1.82, 2.24) is 14.5 Å². The van der Waals surface area contributed by atoms with Crippen molar-refractivity contribution in [2.24, 2.45) is 0 Å². The van der Waals surface area contributed by atoms with Gasteiger partial charge in [0.25, 0.3) is 5.56 Å². The number of nitrogens with one attached hydrogen (secondary N) is 1. The fraction of sp³-hybridized carbons (Fsp3) is 0.240. The predicted molar refractivity (Wildman–Crippen MR) is 125 cm³/mol. The van der Waals surface area contributed by atoms with Crippen molar-refractivity contribution in [1.29, 1.82) is 0 Å². The van der Waals surface area contributed by atoms with Crippen LogP contribution in [0.4, 0.5) is 5.69 Å². The number of para-hydroxylation sites is 1. The van der Waals surface area contributed by atoms with Gasteiger partial charge in [-0.25, -0.2) is 9.78 Å². The molecule has 1 N–H and O–H groups in total. The maximum Gasteiger partial charge on any atom is 0.339 e. The van der Waals surface area contributed by atoms with Crippen molar-refractivity contribution >= 4 is 11.7 Å². The zero-order valence-electron chi connectivity index (χ0n) is 18.3. The molecule has 0 unspecified atom stereocenters. The third-order valence-electron chi connectivity index (χ3n) is 5.53. The second-order valence-corrected chi connectivity index (χ2v) is 7.87. The van der Waals surface area contributed by atoms with Crippen LogP contribution in [0.15, 0.2) is 71.7 Å². The molecule has 2 aromatic carbocycles. The lowest BCUT2D eigenvalue weighted by atomic mass is 10.1. The van der Waals surface area contributed by atoms with Gasteiger partial charge in [-0.1, -0.05) is 49.0 Å². The van der Waals surface area contributed by atoms with Crippen LogP contribution in [0.5, 0.6) is 0 Å². The maximum absolute atomic E-state index is 13.5. The fourth-order valence-electron chi connectivity index (χ4n) is 3.90. The normalized spacial score (nSPS) is 13.3. The molecule has 0 saturated carbocycles. The molecule has 1 aliphatic heterocycles. The summed E-state index contributed by atoms with van der Waals surface area (Å²) in [5.41, 5.74) is 3.92. The number of fused-ring (bicyclic) bond motifs is 1. The Kier molecular flexibility index (Phi) is 6.18. The fourth-order valence-corrected chi connectivity index (χ4v) is 3.90. The minimum atomic E-state index is -0.443. The third kappa shape index (κ3) is 4.33. The molecule has 0 spiro atoms. The first-order valence-electron chi connectivity index (χ1n) is 10.5. The Morgan fingerprint density at radius 2 is 1.88 bits per heavy atom. The first-order valence-corrected chi connectivity index (χ1v) is 10.5. The smallest absolute Gasteiger partial charge is 0.339 e. The van der Waals surface area contributed by atoms with Gasteiger partial charge < -0.3 is 15.0 Å². The molecule has 0 bridgehead atoms. The number of benzene rings is 2. The van der Waals surface area contributed by atoms with Gasteiger partial charge in [-0.3, -0.25) is 9.36 Å². The van der Waals surface area contributed by atoms with Crippen molar-refractivity contribution in [2.75, 3.05) is 26.0 Å². The summed E-state index contributed by atoms with van der Waals surface area (Å²) in [4.78, 5) is 32.6. The monoisotopic (exact) mass is 430 g/mol. The second kappa shape index (κ2) is 9.20.